The third-order valence-corrected chi connectivity index (χ3v) is 3.84. The van der Waals surface area contributed by atoms with Gasteiger partial charge in [0.15, 0.2) is 0 Å². The van der Waals surface area contributed by atoms with Crippen LogP contribution in [0.1, 0.15) is 55.5 Å². The van der Waals surface area contributed by atoms with E-state index in [-0.39, 0.29) is 0 Å². The Hall–Kier alpha value is -0.930. The van der Waals surface area contributed by atoms with Crippen molar-refractivity contribution in [3.05, 3.63) is 29.1 Å². The maximum Gasteiger partial charge on any atom is 0.0602 e. The SMILES string of the molecule is CCNC(CCC1CCCO1)c1ncc(C)cc1C. The number of aromatic nitrogens is 1. The zero-order valence-corrected chi connectivity index (χ0v) is 12.4. The molecule has 1 aromatic heterocycles. The summed E-state index contributed by atoms with van der Waals surface area (Å²) in [5.41, 5.74) is 3.72. The molecule has 1 aliphatic heterocycles. The number of aryl methyl sites for hydroxylation is 2. The average molecular weight is 262 g/mol. The fourth-order valence-corrected chi connectivity index (χ4v) is 2.90. The molecule has 106 valence electrons. The Bertz CT molecular complexity index is 400. The lowest BCUT2D eigenvalue weighted by Crippen LogP contribution is -2.24. The molecule has 0 radical (unpaired) electrons. The first kappa shape index (κ1) is 14.5. The van der Waals surface area contributed by atoms with Gasteiger partial charge in [-0.2, -0.15) is 0 Å². The normalized spacial score (nSPS) is 20.7. The van der Waals surface area contributed by atoms with E-state index in [1.165, 1.54) is 29.7 Å². The first-order chi connectivity index (χ1) is 9.20. The Labute approximate surface area is 116 Å². The van der Waals surface area contributed by atoms with Gasteiger partial charge in [-0.25, -0.2) is 0 Å². The Balaban J connectivity index is 2.01. The minimum absolute atomic E-state index is 0.356. The first-order valence-corrected chi connectivity index (χ1v) is 7.48. The maximum atomic E-state index is 5.72. The van der Waals surface area contributed by atoms with Crippen LogP contribution in [-0.2, 0) is 4.74 Å². The highest BCUT2D eigenvalue weighted by molar-refractivity contribution is 5.25. The van der Waals surface area contributed by atoms with E-state index in [0.717, 1.165) is 26.0 Å². The van der Waals surface area contributed by atoms with Crippen molar-refractivity contribution in [1.82, 2.24) is 10.3 Å². The quantitative estimate of drug-likeness (QED) is 0.854. The minimum Gasteiger partial charge on any atom is -0.378 e. The molecule has 0 saturated carbocycles. The van der Waals surface area contributed by atoms with Gasteiger partial charge in [-0.1, -0.05) is 13.0 Å². The number of nitrogens with zero attached hydrogens (tertiary/aromatic N) is 1. The van der Waals surface area contributed by atoms with Crippen LogP contribution in [0.15, 0.2) is 12.3 Å². The molecule has 0 spiro atoms. The second kappa shape index (κ2) is 7.01. The Kier molecular flexibility index (Phi) is 5.34. The molecule has 1 saturated heterocycles. The lowest BCUT2D eigenvalue weighted by molar-refractivity contribution is 0.0995. The summed E-state index contributed by atoms with van der Waals surface area (Å²) in [6, 6.07) is 2.58. The summed E-state index contributed by atoms with van der Waals surface area (Å²) in [6.45, 7) is 8.33. The predicted molar refractivity (Wildman–Crippen MR) is 78.3 cm³/mol. The molecule has 2 heterocycles. The third kappa shape index (κ3) is 4.02. The largest absolute Gasteiger partial charge is 0.378 e. The Morgan fingerprint density at radius 2 is 2.32 bits per heavy atom. The van der Waals surface area contributed by atoms with E-state index in [0.29, 0.717) is 12.1 Å². The molecule has 0 aliphatic carbocycles. The summed E-state index contributed by atoms with van der Waals surface area (Å²) in [4.78, 5) is 4.64. The van der Waals surface area contributed by atoms with Gasteiger partial charge in [-0.3, -0.25) is 4.98 Å². The fourth-order valence-electron chi connectivity index (χ4n) is 2.90. The van der Waals surface area contributed by atoms with Crippen molar-refractivity contribution in [3.63, 3.8) is 0 Å². The molecule has 0 amide bonds. The number of hydrogen-bond acceptors (Lipinski definition) is 3. The molecule has 19 heavy (non-hydrogen) atoms. The summed E-state index contributed by atoms with van der Waals surface area (Å²) in [5.74, 6) is 0. The molecular weight excluding hydrogens is 236 g/mol. The van der Waals surface area contributed by atoms with Crippen LogP contribution >= 0.6 is 0 Å². The van der Waals surface area contributed by atoms with E-state index < -0.39 is 0 Å². The van der Waals surface area contributed by atoms with E-state index >= 15 is 0 Å². The molecule has 2 unspecified atom stereocenters. The summed E-state index contributed by atoms with van der Waals surface area (Å²) < 4.78 is 5.72. The predicted octanol–water partition coefficient (Wildman–Crippen LogP) is 3.31. The highest BCUT2D eigenvalue weighted by Crippen LogP contribution is 2.25. The molecule has 2 atom stereocenters. The molecule has 0 aromatic carbocycles. The highest BCUT2D eigenvalue weighted by atomic mass is 16.5. The number of pyridine rings is 1. The summed E-state index contributed by atoms with van der Waals surface area (Å²) in [5, 5.41) is 3.57. The molecule has 3 nitrogen and oxygen atoms in total. The van der Waals surface area contributed by atoms with Crippen LogP contribution in [0.2, 0.25) is 0 Å². The average Bonchev–Trinajstić information content (AvgIpc) is 2.88. The van der Waals surface area contributed by atoms with Gasteiger partial charge in [-0.05, 0) is 57.2 Å². The van der Waals surface area contributed by atoms with Crippen molar-refractivity contribution in [2.24, 2.45) is 0 Å². The van der Waals surface area contributed by atoms with Gasteiger partial charge >= 0.3 is 0 Å². The van der Waals surface area contributed by atoms with Gasteiger partial charge in [-0.15, -0.1) is 0 Å². The minimum atomic E-state index is 0.356. The lowest BCUT2D eigenvalue weighted by Gasteiger charge is -2.21. The van der Waals surface area contributed by atoms with Gasteiger partial charge in [0.2, 0.25) is 0 Å². The van der Waals surface area contributed by atoms with Crippen LogP contribution < -0.4 is 5.32 Å². The molecular formula is C16H26N2O. The monoisotopic (exact) mass is 262 g/mol. The Morgan fingerprint density at radius 3 is 2.95 bits per heavy atom. The number of hydrogen-bond donors (Lipinski definition) is 1. The van der Waals surface area contributed by atoms with Crippen molar-refractivity contribution in [3.8, 4) is 0 Å². The summed E-state index contributed by atoms with van der Waals surface area (Å²) in [7, 11) is 0. The second-order valence-electron chi connectivity index (χ2n) is 5.54. The van der Waals surface area contributed by atoms with Crippen LogP contribution in [0.3, 0.4) is 0 Å². The van der Waals surface area contributed by atoms with Crippen molar-refractivity contribution in [1.29, 1.82) is 0 Å². The van der Waals surface area contributed by atoms with E-state index in [9.17, 15) is 0 Å². The lowest BCUT2D eigenvalue weighted by atomic mass is 9.99. The maximum absolute atomic E-state index is 5.72. The molecule has 1 N–H and O–H groups in total. The molecule has 1 aliphatic rings. The van der Waals surface area contributed by atoms with Crippen LogP contribution in [0.4, 0.5) is 0 Å². The topological polar surface area (TPSA) is 34.1 Å². The first-order valence-electron chi connectivity index (χ1n) is 7.48. The summed E-state index contributed by atoms with van der Waals surface area (Å²) >= 11 is 0. The number of nitrogens with one attached hydrogen (secondary N) is 1. The van der Waals surface area contributed by atoms with Gasteiger partial charge in [0, 0.05) is 18.8 Å². The van der Waals surface area contributed by atoms with Gasteiger partial charge in [0.1, 0.15) is 0 Å². The van der Waals surface area contributed by atoms with E-state index in [4.69, 9.17) is 4.74 Å². The van der Waals surface area contributed by atoms with Crippen molar-refractivity contribution in [2.45, 2.75) is 58.6 Å². The van der Waals surface area contributed by atoms with Gasteiger partial charge < -0.3 is 10.1 Å². The van der Waals surface area contributed by atoms with Gasteiger partial charge in [0.05, 0.1) is 11.8 Å². The molecule has 1 fully saturated rings. The number of rotatable bonds is 6. The van der Waals surface area contributed by atoms with E-state index in [2.05, 4.69) is 37.1 Å². The van der Waals surface area contributed by atoms with E-state index in [1.807, 2.05) is 6.20 Å². The summed E-state index contributed by atoms with van der Waals surface area (Å²) in [6.07, 6.45) is 7.12. The van der Waals surface area contributed by atoms with Crippen molar-refractivity contribution in [2.75, 3.05) is 13.2 Å². The van der Waals surface area contributed by atoms with Crippen LogP contribution in [-0.4, -0.2) is 24.2 Å². The van der Waals surface area contributed by atoms with Gasteiger partial charge in [0.25, 0.3) is 0 Å². The zero-order valence-electron chi connectivity index (χ0n) is 12.4. The zero-order chi connectivity index (χ0) is 13.7. The molecule has 0 bridgehead atoms. The number of ether oxygens (including phenoxy) is 1. The standard InChI is InChI=1S/C16H26N2O/c1-4-17-15(8-7-14-6-5-9-19-14)16-13(3)10-12(2)11-18-16/h10-11,14-15,17H,4-9H2,1-3H3. The van der Waals surface area contributed by atoms with Crippen LogP contribution in [0.25, 0.3) is 0 Å². The highest BCUT2D eigenvalue weighted by Gasteiger charge is 2.20. The second-order valence-corrected chi connectivity index (χ2v) is 5.54. The van der Waals surface area contributed by atoms with Crippen molar-refractivity contribution >= 4 is 0 Å². The smallest absolute Gasteiger partial charge is 0.0602 e. The van der Waals surface area contributed by atoms with E-state index in [1.54, 1.807) is 0 Å². The molecule has 3 heteroatoms. The van der Waals surface area contributed by atoms with Crippen LogP contribution in [0, 0.1) is 13.8 Å². The third-order valence-electron chi connectivity index (χ3n) is 3.84. The Morgan fingerprint density at radius 1 is 1.47 bits per heavy atom. The molecule has 2 rings (SSSR count). The fraction of sp³-hybridized carbons (Fsp3) is 0.688. The molecule has 1 aromatic rings. The van der Waals surface area contributed by atoms with Crippen LogP contribution in [0.5, 0.6) is 0 Å². The van der Waals surface area contributed by atoms with Crippen molar-refractivity contribution < 1.29 is 4.74 Å².